The topological polar surface area (TPSA) is 26.0 Å². The maximum Gasteiger partial charge on any atom is 0.0405 e. The van der Waals surface area contributed by atoms with Crippen molar-refractivity contribution in [1.29, 1.82) is 0 Å². The van der Waals surface area contributed by atoms with Gasteiger partial charge in [0.15, 0.2) is 0 Å². The zero-order valence-electron chi connectivity index (χ0n) is 8.01. The normalized spacial score (nSPS) is 11.0. The van der Waals surface area contributed by atoms with E-state index in [-0.39, 0.29) is 0 Å². The Bertz CT molecular complexity index is 462. The largest absolute Gasteiger partial charge is 0.398 e. The quantitative estimate of drug-likeness (QED) is 0.649. The summed E-state index contributed by atoms with van der Waals surface area (Å²) < 4.78 is 1.30. The molecule has 2 aromatic rings. The predicted molar refractivity (Wildman–Crippen MR) is 68.2 cm³/mol. The van der Waals surface area contributed by atoms with Gasteiger partial charge in [0, 0.05) is 26.0 Å². The van der Waals surface area contributed by atoms with E-state index in [1.807, 2.05) is 11.3 Å². The molecule has 0 saturated heterocycles. The summed E-state index contributed by atoms with van der Waals surface area (Å²) in [6.45, 7) is 2.15. The second kappa shape index (κ2) is 3.91. The number of hydrogen-bond donors (Lipinski definition) is 1. The van der Waals surface area contributed by atoms with Crippen molar-refractivity contribution >= 4 is 43.0 Å². The molecule has 1 aromatic heterocycles. The van der Waals surface area contributed by atoms with Crippen molar-refractivity contribution < 1.29 is 0 Å². The minimum Gasteiger partial charge on any atom is -0.398 e. The van der Waals surface area contributed by atoms with Crippen LogP contribution in [0.25, 0.3) is 10.1 Å². The minimum atomic E-state index is 0.905. The van der Waals surface area contributed by atoms with Crippen molar-refractivity contribution in [2.24, 2.45) is 0 Å². The first-order valence-electron chi connectivity index (χ1n) is 4.61. The summed E-state index contributed by atoms with van der Waals surface area (Å²) in [5.41, 5.74) is 8.21. The lowest BCUT2D eigenvalue weighted by Gasteiger charge is -2.00. The molecule has 0 atom stereocenters. The number of rotatable bonds is 2. The van der Waals surface area contributed by atoms with Crippen LogP contribution in [0.4, 0.5) is 5.69 Å². The van der Waals surface area contributed by atoms with Crippen LogP contribution in [0.3, 0.4) is 0 Å². The molecule has 0 bridgehead atoms. The van der Waals surface area contributed by atoms with E-state index < -0.39 is 0 Å². The zero-order chi connectivity index (χ0) is 10.1. The number of hydrogen-bond acceptors (Lipinski definition) is 2. The molecule has 2 N–H and O–H groups in total. The molecule has 3 heteroatoms. The smallest absolute Gasteiger partial charge is 0.0405 e. The number of fused-ring (bicyclic) bond motifs is 1. The van der Waals surface area contributed by atoms with Gasteiger partial charge in [-0.15, -0.1) is 11.3 Å². The zero-order valence-corrected chi connectivity index (χ0v) is 10.4. The third-order valence-corrected chi connectivity index (χ3v) is 4.38. The molecule has 1 heterocycles. The first-order chi connectivity index (χ1) is 6.74. The summed E-state index contributed by atoms with van der Waals surface area (Å²) in [4.78, 5) is 1.33. The van der Waals surface area contributed by atoms with Gasteiger partial charge in [0.2, 0.25) is 0 Å². The summed E-state index contributed by atoms with van der Waals surface area (Å²) in [5.74, 6) is 0. The Balaban J connectivity index is 2.67. The Morgan fingerprint density at radius 3 is 2.79 bits per heavy atom. The Morgan fingerprint density at radius 1 is 1.36 bits per heavy atom. The molecular formula is C11H12BrNS. The van der Waals surface area contributed by atoms with E-state index in [0.717, 1.165) is 17.4 Å². The molecular weight excluding hydrogens is 258 g/mol. The van der Waals surface area contributed by atoms with Gasteiger partial charge in [0.25, 0.3) is 0 Å². The van der Waals surface area contributed by atoms with Gasteiger partial charge in [-0.05, 0) is 30.2 Å². The molecule has 0 spiro atoms. The van der Waals surface area contributed by atoms with Gasteiger partial charge < -0.3 is 5.73 Å². The first kappa shape index (κ1) is 9.99. The van der Waals surface area contributed by atoms with Gasteiger partial charge in [-0.2, -0.15) is 0 Å². The highest BCUT2D eigenvalue weighted by Gasteiger charge is 2.05. The Morgan fingerprint density at radius 2 is 2.14 bits per heavy atom. The maximum atomic E-state index is 5.99. The molecule has 0 aliphatic heterocycles. The van der Waals surface area contributed by atoms with Crippen molar-refractivity contribution in [2.45, 2.75) is 18.7 Å². The van der Waals surface area contributed by atoms with Crippen molar-refractivity contribution in [3.8, 4) is 0 Å². The van der Waals surface area contributed by atoms with Crippen molar-refractivity contribution in [3.63, 3.8) is 0 Å². The number of benzene rings is 1. The van der Waals surface area contributed by atoms with E-state index in [4.69, 9.17) is 5.73 Å². The van der Waals surface area contributed by atoms with Crippen LogP contribution in [0.2, 0.25) is 0 Å². The maximum absolute atomic E-state index is 5.99. The highest BCUT2D eigenvalue weighted by Crippen LogP contribution is 2.32. The van der Waals surface area contributed by atoms with Crippen LogP contribution >= 0.6 is 27.3 Å². The highest BCUT2D eigenvalue weighted by atomic mass is 79.9. The molecule has 1 nitrogen and oxygen atoms in total. The summed E-state index contributed by atoms with van der Waals surface area (Å²) in [6.07, 6.45) is 1.04. The van der Waals surface area contributed by atoms with Crippen LogP contribution in [-0.4, -0.2) is 0 Å². The molecule has 74 valence electrons. The Hall–Kier alpha value is -0.540. The number of thiophene rings is 1. The summed E-state index contributed by atoms with van der Waals surface area (Å²) in [7, 11) is 0. The Labute approximate surface area is 96.1 Å². The first-order valence-corrected chi connectivity index (χ1v) is 6.55. The van der Waals surface area contributed by atoms with E-state index in [1.165, 1.54) is 20.5 Å². The lowest BCUT2D eigenvalue weighted by Crippen LogP contribution is -1.87. The van der Waals surface area contributed by atoms with Crippen molar-refractivity contribution in [3.05, 3.63) is 28.6 Å². The number of nitrogens with two attached hydrogens (primary N) is 1. The summed E-state index contributed by atoms with van der Waals surface area (Å²) >= 11 is 5.28. The molecule has 14 heavy (non-hydrogen) atoms. The van der Waals surface area contributed by atoms with Crippen LogP contribution in [0.5, 0.6) is 0 Å². The number of anilines is 1. The van der Waals surface area contributed by atoms with E-state index in [9.17, 15) is 0 Å². The minimum absolute atomic E-state index is 0.905. The predicted octanol–water partition coefficient (Wildman–Crippen LogP) is 3.94. The van der Waals surface area contributed by atoms with E-state index in [2.05, 4.69) is 41.1 Å². The molecule has 1 aromatic carbocycles. The summed E-state index contributed by atoms with van der Waals surface area (Å²) in [6, 6.07) is 6.49. The van der Waals surface area contributed by atoms with Gasteiger partial charge in [-0.3, -0.25) is 0 Å². The van der Waals surface area contributed by atoms with Crippen molar-refractivity contribution in [2.75, 3.05) is 5.73 Å². The van der Waals surface area contributed by atoms with Gasteiger partial charge in [0.05, 0.1) is 0 Å². The van der Waals surface area contributed by atoms with E-state index in [0.29, 0.717) is 0 Å². The molecule has 0 aliphatic rings. The lowest BCUT2D eigenvalue weighted by atomic mass is 10.1. The fourth-order valence-electron chi connectivity index (χ4n) is 1.55. The average Bonchev–Trinajstić information content (AvgIpc) is 2.61. The van der Waals surface area contributed by atoms with Gasteiger partial charge in [0.1, 0.15) is 0 Å². The van der Waals surface area contributed by atoms with Crippen LogP contribution < -0.4 is 5.73 Å². The molecule has 0 saturated carbocycles. The molecule has 0 amide bonds. The van der Waals surface area contributed by atoms with Crippen LogP contribution in [0, 0.1) is 0 Å². The van der Waals surface area contributed by atoms with E-state index >= 15 is 0 Å². The van der Waals surface area contributed by atoms with Crippen molar-refractivity contribution in [1.82, 2.24) is 0 Å². The number of nitrogen functional groups attached to an aromatic ring is 1. The Kier molecular flexibility index (Phi) is 2.79. The van der Waals surface area contributed by atoms with Crippen LogP contribution in [0.15, 0.2) is 18.2 Å². The fourth-order valence-corrected chi connectivity index (χ4v) is 3.06. The van der Waals surface area contributed by atoms with E-state index in [1.54, 1.807) is 0 Å². The van der Waals surface area contributed by atoms with Gasteiger partial charge in [-0.1, -0.05) is 22.9 Å². The lowest BCUT2D eigenvalue weighted by molar-refractivity contribution is 1.15. The van der Waals surface area contributed by atoms with Gasteiger partial charge in [-0.25, -0.2) is 0 Å². The third kappa shape index (κ3) is 1.66. The van der Waals surface area contributed by atoms with Crippen LogP contribution in [-0.2, 0) is 11.8 Å². The fraction of sp³-hybridized carbons (Fsp3) is 0.273. The SMILES string of the molecule is CCc1cc(N)c2cc(CBr)sc2c1. The molecule has 0 aliphatic carbocycles. The molecule has 0 radical (unpaired) electrons. The number of alkyl halides is 1. The monoisotopic (exact) mass is 269 g/mol. The highest BCUT2D eigenvalue weighted by molar-refractivity contribution is 9.08. The van der Waals surface area contributed by atoms with Crippen LogP contribution in [0.1, 0.15) is 17.4 Å². The van der Waals surface area contributed by atoms with Gasteiger partial charge >= 0.3 is 0 Å². The average molecular weight is 270 g/mol. The standard InChI is InChI=1S/C11H12BrNS/c1-2-7-3-10(13)9-5-8(6-12)14-11(9)4-7/h3-5H,2,6,13H2,1H3. The number of aryl methyl sites for hydroxylation is 1. The molecule has 0 fully saturated rings. The molecule has 2 rings (SSSR count). The number of halogens is 1. The third-order valence-electron chi connectivity index (χ3n) is 2.32. The molecule has 0 unspecified atom stereocenters. The summed E-state index contributed by atoms with van der Waals surface area (Å²) in [5, 5.41) is 2.11. The second-order valence-corrected chi connectivity index (χ2v) is 5.03. The second-order valence-electron chi connectivity index (χ2n) is 3.30.